The molecule has 1 amide bonds. The highest BCUT2D eigenvalue weighted by atomic mass is 19.1. The number of phenols is 1. The van der Waals surface area contributed by atoms with Crippen molar-refractivity contribution in [3.63, 3.8) is 0 Å². The van der Waals surface area contributed by atoms with Crippen molar-refractivity contribution < 1.29 is 14.3 Å². The molecule has 3 N–H and O–H groups in total. The molecule has 1 aliphatic rings. The molecule has 86 valence electrons. The van der Waals surface area contributed by atoms with Crippen molar-refractivity contribution >= 4 is 11.6 Å². The predicted octanol–water partition coefficient (Wildman–Crippen LogP) is 0.843. The predicted molar refractivity (Wildman–Crippen MR) is 57.6 cm³/mol. The summed E-state index contributed by atoms with van der Waals surface area (Å²) in [5, 5.41) is 9.29. The lowest BCUT2D eigenvalue weighted by Crippen LogP contribution is -2.27. The van der Waals surface area contributed by atoms with E-state index in [0.29, 0.717) is 25.2 Å². The average Bonchev–Trinajstić information content (AvgIpc) is 2.70. The van der Waals surface area contributed by atoms with Crippen molar-refractivity contribution in [3.05, 3.63) is 24.0 Å². The zero-order chi connectivity index (χ0) is 11.7. The summed E-state index contributed by atoms with van der Waals surface area (Å²) in [7, 11) is 0. The molecule has 0 radical (unpaired) electrons. The number of rotatable bonds is 2. The Kier molecular flexibility index (Phi) is 2.68. The molecule has 0 aromatic heterocycles. The summed E-state index contributed by atoms with van der Waals surface area (Å²) in [4.78, 5) is 12.7. The molecule has 0 bridgehead atoms. The number of amides is 1. The van der Waals surface area contributed by atoms with E-state index in [0.717, 1.165) is 0 Å². The number of anilines is 1. The number of hydrogen-bond donors (Lipinski definition) is 2. The van der Waals surface area contributed by atoms with Gasteiger partial charge in [-0.1, -0.05) is 0 Å². The fourth-order valence-electron chi connectivity index (χ4n) is 1.95. The second-order valence-electron chi connectivity index (χ2n) is 3.97. The number of carbonyl (C=O) groups excluding carboxylic acids is 1. The third kappa shape index (κ3) is 1.93. The Morgan fingerprint density at radius 2 is 2.31 bits per heavy atom. The van der Waals surface area contributed by atoms with Crippen LogP contribution >= 0.6 is 0 Å². The summed E-state index contributed by atoms with van der Waals surface area (Å²) < 4.78 is 13.5. The Morgan fingerprint density at radius 1 is 1.56 bits per heavy atom. The van der Waals surface area contributed by atoms with Crippen LogP contribution in [0, 0.1) is 11.7 Å². The Balaban J connectivity index is 2.20. The normalized spacial score (nSPS) is 20.1. The second kappa shape index (κ2) is 4.00. The average molecular weight is 224 g/mol. The molecular formula is C11H13FN2O2. The molecule has 2 rings (SSSR count). The smallest absolute Gasteiger partial charge is 0.222 e. The number of nitrogens with two attached hydrogens (primary N) is 1. The third-order valence-electron chi connectivity index (χ3n) is 2.86. The van der Waals surface area contributed by atoms with Gasteiger partial charge in [-0.25, -0.2) is 4.39 Å². The van der Waals surface area contributed by atoms with E-state index in [-0.39, 0.29) is 17.6 Å². The van der Waals surface area contributed by atoms with Gasteiger partial charge in [0.05, 0.1) is 11.6 Å². The van der Waals surface area contributed by atoms with Crippen molar-refractivity contribution in [2.24, 2.45) is 11.7 Å². The van der Waals surface area contributed by atoms with Crippen LogP contribution in [0.2, 0.25) is 0 Å². The van der Waals surface area contributed by atoms with E-state index in [2.05, 4.69) is 0 Å². The van der Waals surface area contributed by atoms with E-state index in [1.165, 1.54) is 18.2 Å². The lowest BCUT2D eigenvalue weighted by atomic mass is 10.1. The zero-order valence-electron chi connectivity index (χ0n) is 8.69. The highest BCUT2D eigenvalue weighted by Crippen LogP contribution is 2.28. The maximum atomic E-state index is 13.5. The molecule has 1 aliphatic heterocycles. The minimum Gasteiger partial charge on any atom is -0.508 e. The van der Waals surface area contributed by atoms with Gasteiger partial charge in [0.2, 0.25) is 5.91 Å². The SMILES string of the molecule is NC(=O)C1CCN(c2cc(O)ccc2F)C1. The van der Waals surface area contributed by atoms with Crippen LogP contribution in [0.4, 0.5) is 10.1 Å². The minimum atomic E-state index is -0.400. The number of phenolic OH excluding ortho intramolecular Hbond substituents is 1. The first kappa shape index (κ1) is 10.7. The topological polar surface area (TPSA) is 66.6 Å². The van der Waals surface area contributed by atoms with Gasteiger partial charge in [0, 0.05) is 19.2 Å². The van der Waals surface area contributed by atoms with Gasteiger partial charge in [-0.3, -0.25) is 4.79 Å². The molecule has 1 aromatic carbocycles. The molecular weight excluding hydrogens is 211 g/mol. The highest BCUT2D eigenvalue weighted by Gasteiger charge is 2.28. The van der Waals surface area contributed by atoms with Crippen LogP contribution in [0.25, 0.3) is 0 Å². The summed E-state index contributed by atoms with van der Waals surface area (Å²) in [6.45, 7) is 0.990. The monoisotopic (exact) mass is 224 g/mol. The van der Waals surface area contributed by atoms with Gasteiger partial charge in [0.1, 0.15) is 11.6 Å². The van der Waals surface area contributed by atoms with Crippen molar-refractivity contribution in [3.8, 4) is 5.75 Å². The number of aromatic hydroxyl groups is 1. The Bertz CT molecular complexity index is 422. The second-order valence-corrected chi connectivity index (χ2v) is 3.97. The summed E-state index contributed by atoms with van der Waals surface area (Å²) in [5.74, 6) is -0.980. The van der Waals surface area contributed by atoms with Crippen molar-refractivity contribution in [1.29, 1.82) is 0 Å². The molecule has 4 nitrogen and oxygen atoms in total. The number of halogens is 1. The molecule has 1 aromatic rings. The van der Waals surface area contributed by atoms with Crippen LogP contribution in [0.1, 0.15) is 6.42 Å². The van der Waals surface area contributed by atoms with Crippen LogP contribution < -0.4 is 10.6 Å². The van der Waals surface area contributed by atoms with Crippen molar-refractivity contribution in [2.45, 2.75) is 6.42 Å². The molecule has 0 spiro atoms. The van der Waals surface area contributed by atoms with Gasteiger partial charge in [-0.05, 0) is 18.6 Å². The standard InChI is InChI=1S/C11H13FN2O2/c12-9-2-1-8(15)5-10(9)14-4-3-7(6-14)11(13)16/h1-2,5,7,15H,3-4,6H2,(H2,13,16). The van der Waals surface area contributed by atoms with Gasteiger partial charge >= 0.3 is 0 Å². The number of benzene rings is 1. The molecule has 0 aliphatic carbocycles. The fourth-order valence-corrected chi connectivity index (χ4v) is 1.95. The number of primary amides is 1. The van der Waals surface area contributed by atoms with Crippen LogP contribution in [0.15, 0.2) is 18.2 Å². The summed E-state index contributed by atoms with van der Waals surface area (Å²) in [6.07, 6.45) is 0.629. The number of carbonyl (C=O) groups is 1. The van der Waals surface area contributed by atoms with Crippen LogP contribution in [0.5, 0.6) is 5.75 Å². The summed E-state index contributed by atoms with van der Waals surface area (Å²) in [5.41, 5.74) is 5.52. The Labute approximate surface area is 92.5 Å². The van der Waals surface area contributed by atoms with Gasteiger partial charge in [0.25, 0.3) is 0 Å². The first-order valence-electron chi connectivity index (χ1n) is 5.10. The summed E-state index contributed by atoms with van der Waals surface area (Å²) >= 11 is 0. The number of nitrogens with zero attached hydrogens (tertiary/aromatic N) is 1. The largest absolute Gasteiger partial charge is 0.508 e. The van der Waals surface area contributed by atoms with Crippen LogP contribution in [-0.4, -0.2) is 24.1 Å². The van der Waals surface area contributed by atoms with Crippen LogP contribution in [0.3, 0.4) is 0 Å². The molecule has 0 saturated carbocycles. The molecule has 1 heterocycles. The van der Waals surface area contributed by atoms with Crippen molar-refractivity contribution in [1.82, 2.24) is 0 Å². The Morgan fingerprint density at radius 3 is 2.94 bits per heavy atom. The number of hydrogen-bond acceptors (Lipinski definition) is 3. The maximum absolute atomic E-state index is 13.5. The van der Waals surface area contributed by atoms with E-state index < -0.39 is 5.82 Å². The highest BCUT2D eigenvalue weighted by molar-refractivity contribution is 5.78. The lowest BCUT2D eigenvalue weighted by molar-refractivity contribution is -0.121. The minimum absolute atomic E-state index is 0.0129. The van der Waals surface area contributed by atoms with E-state index in [4.69, 9.17) is 5.73 Å². The maximum Gasteiger partial charge on any atom is 0.222 e. The van der Waals surface area contributed by atoms with Gasteiger partial charge in [-0.2, -0.15) is 0 Å². The zero-order valence-corrected chi connectivity index (χ0v) is 8.69. The molecule has 5 heteroatoms. The lowest BCUT2D eigenvalue weighted by Gasteiger charge is -2.18. The van der Waals surface area contributed by atoms with Gasteiger partial charge in [0.15, 0.2) is 0 Å². The molecule has 1 atom stereocenters. The van der Waals surface area contributed by atoms with E-state index in [1.807, 2.05) is 0 Å². The molecule has 1 saturated heterocycles. The van der Waals surface area contributed by atoms with Crippen molar-refractivity contribution in [2.75, 3.05) is 18.0 Å². The molecule has 16 heavy (non-hydrogen) atoms. The first-order chi connectivity index (χ1) is 7.58. The van der Waals surface area contributed by atoms with Gasteiger partial charge in [-0.15, -0.1) is 0 Å². The van der Waals surface area contributed by atoms with E-state index >= 15 is 0 Å². The summed E-state index contributed by atoms with van der Waals surface area (Å²) in [6, 6.07) is 3.86. The van der Waals surface area contributed by atoms with E-state index in [1.54, 1.807) is 4.90 Å². The quantitative estimate of drug-likeness (QED) is 0.782. The Hall–Kier alpha value is -1.78. The van der Waals surface area contributed by atoms with Crippen LogP contribution in [-0.2, 0) is 4.79 Å². The third-order valence-corrected chi connectivity index (χ3v) is 2.86. The first-order valence-corrected chi connectivity index (χ1v) is 5.10. The molecule has 1 fully saturated rings. The van der Waals surface area contributed by atoms with Gasteiger partial charge < -0.3 is 15.7 Å². The van der Waals surface area contributed by atoms with E-state index in [9.17, 15) is 14.3 Å². The molecule has 1 unspecified atom stereocenters. The fraction of sp³-hybridized carbons (Fsp3) is 0.364.